The van der Waals surface area contributed by atoms with E-state index in [-0.39, 0.29) is 11.1 Å². The third-order valence-corrected chi connectivity index (χ3v) is 10.2. The standard InChI is InChI=1S/C46H30N8O2/c55-45-39-2-1-18-48-43(39)50-27-53(45)25-29-5-9-32(10-6-29)34-13-15-41-37(21-34)22-38(24-49-41)42-16-14-40-44(52-42)51-28-54(46(40)56)26-30-3-7-31(8-4-30)33-11-12-36-23-47-19-17-35(36)20-33/h1-24,27-28H,25-26H2. The van der Waals surface area contributed by atoms with E-state index in [1.54, 1.807) is 58.6 Å². The van der Waals surface area contributed by atoms with E-state index in [2.05, 4.69) is 80.6 Å². The normalized spacial score (nSPS) is 11.5. The van der Waals surface area contributed by atoms with Gasteiger partial charge in [0.2, 0.25) is 0 Å². The van der Waals surface area contributed by atoms with E-state index in [0.29, 0.717) is 40.9 Å². The zero-order valence-electron chi connectivity index (χ0n) is 29.8. The maximum absolute atomic E-state index is 13.6. The average Bonchev–Trinajstić information content (AvgIpc) is 3.25. The van der Waals surface area contributed by atoms with E-state index in [0.717, 1.165) is 60.6 Å². The molecular formula is C46H30N8O2. The van der Waals surface area contributed by atoms with Crippen molar-refractivity contribution in [2.75, 3.05) is 0 Å². The SMILES string of the molecule is O=c1c2cccnc2ncn1Cc1ccc(-c2ccc3ncc(-c4ccc5c(=O)n(Cc6ccc(-c7ccc8cnccc8c7)cc6)cnc5n4)cc3c2)cc1. The molecule has 10 heteroatoms. The second kappa shape index (κ2) is 13.6. The van der Waals surface area contributed by atoms with E-state index < -0.39 is 0 Å². The van der Waals surface area contributed by atoms with Crippen molar-refractivity contribution in [1.29, 1.82) is 0 Å². The van der Waals surface area contributed by atoms with Gasteiger partial charge in [-0.1, -0.05) is 66.7 Å². The zero-order valence-corrected chi connectivity index (χ0v) is 29.8. The highest BCUT2D eigenvalue weighted by Gasteiger charge is 2.11. The summed E-state index contributed by atoms with van der Waals surface area (Å²) >= 11 is 0. The molecule has 0 N–H and O–H groups in total. The number of aromatic nitrogens is 8. The molecule has 4 aromatic carbocycles. The number of benzene rings is 4. The minimum Gasteiger partial charge on any atom is -0.294 e. The predicted molar refractivity (Wildman–Crippen MR) is 219 cm³/mol. The van der Waals surface area contributed by atoms with Crippen LogP contribution in [0.4, 0.5) is 0 Å². The molecule has 0 amide bonds. The molecule has 6 heterocycles. The fourth-order valence-corrected chi connectivity index (χ4v) is 7.14. The quantitative estimate of drug-likeness (QED) is 0.162. The number of hydrogen-bond donors (Lipinski definition) is 0. The summed E-state index contributed by atoms with van der Waals surface area (Å²) in [6.45, 7) is 0.801. The molecule has 0 aliphatic heterocycles. The first-order valence-corrected chi connectivity index (χ1v) is 18.1. The maximum Gasteiger partial charge on any atom is 0.263 e. The minimum absolute atomic E-state index is 0.118. The van der Waals surface area contributed by atoms with Crippen molar-refractivity contribution < 1.29 is 0 Å². The van der Waals surface area contributed by atoms with Crippen molar-refractivity contribution in [3.05, 3.63) is 191 Å². The predicted octanol–water partition coefficient (Wildman–Crippen LogP) is 8.09. The molecule has 56 heavy (non-hydrogen) atoms. The Balaban J connectivity index is 0.869. The van der Waals surface area contributed by atoms with Crippen LogP contribution < -0.4 is 11.1 Å². The van der Waals surface area contributed by atoms with Gasteiger partial charge >= 0.3 is 0 Å². The van der Waals surface area contributed by atoms with E-state index in [1.807, 2.05) is 48.7 Å². The third-order valence-electron chi connectivity index (χ3n) is 10.2. The Hall–Kier alpha value is -7.72. The van der Waals surface area contributed by atoms with Gasteiger partial charge in [-0.25, -0.2) is 19.9 Å². The monoisotopic (exact) mass is 726 g/mol. The summed E-state index contributed by atoms with van der Waals surface area (Å²) in [5.74, 6) is 0. The van der Waals surface area contributed by atoms with E-state index in [9.17, 15) is 9.59 Å². The van der Waals surface area contributed by atoms with Crippen LogP contribution in [0.5, 0.6) is 0 Å². The molecule has 0 unspecified atom stereocenters. The molecule has 266 valence electrons. The number of rotatable bonds is 7. The lowest BCUT2D eigenvalue weighted by Crippen LogP contribution is -2.21. The topological polar surface area (TPSA) is 121 Å². The molecule has 0 aliphatic carbocycles. The molecule has 0 bridgehead atoms. The van der Waals surface area contributed by atoms with E-state index in [1.165, 1.54) is 0 Å². The lowest BCUT2D eigenvalue weighted by molar-refractivity contribution is 0.747. The van der Waals surface area contributed by atoms with Crippen LogP contribution in [0.1, 0.15) is 11.1 Å². The van der Waals surface area contributed by atoms with Gasteiger partial charge in [0, 0.05) is 41.1 Å². The van der Waals surface area contributed by atoms with Gasteiger partial charge in [-0.2, -0.15) is 0 Å². The van der Waals surface area contributed by atoms with E-state index >= 15 is 0 Å². The summed E-state index contributed by atoms with van der Waals surface area (Å²) in [7, 11) is 0. The molecule has 10 nitrogen and oxygen atoms in total. The average molecular weight is 727 g/mol. The minimum atomic E-state index is -0.146. The van der Waals surface area contributed by atoms with Gasteiger partial charge in [-0.15, -0.1) is 0 Å². The molecule has 10 aromatic rings. The van der Waals surface area contributed by atoms with Gasteiger partial charge in [0.25, 0.3) is 11.1 Å². The van der Waals surface area contributed by atoms with Crippen molar-refractivity contribution in [2.45, 2.75) is 13.1 Å². The Morgan fingerprint density at radius 1 is 0.464 bits per heavy atom. The molecule has 6 aromatic heterocycles. The first-order chi connectivity index (χ1) is 27.5. The summed E-state index contributed by atoms with van der Waals surface area (Å²) in [4.78, 5) is 53.3. The molecule has 0 radical (unpaired) electrons. The largest absolute Gasteiger partial charge is 0.294 e. The zero-order chi connectivity index (χ0) is 37.6. The second-order valence-electron chi connectivity index (χ2n) is 13.8. The molecule has 0 spiro atoms. The first kappa shape index (κ1) is 32.9. The molecule has 0 saturated heterocycles. The first-order valence-electron chi connectivity index (χ1n) is 18.1. The maximum atomic E-state index is 13.6. The Bertz CT molecular complexity index is 3250. The van der Waals surface area contributed by atoms with Crippen LogP contribution in [0.25, 0.3) is 77.3 Å². The van der Waals surface area contributed by atoms with Gasteiger partial charge in [0.05, 0.1) is 35.1 Å². The second-order valence-corrected chi connectivity index (χ2v) is 13.8. The third kappa shape index (κ3) is 6.14. The highest BCUT2D eigenvalue weighted by molar-refractivity contribution is 5.89. The van der Waals surface area contributed by atoms with Gasteiger partial charge in [-0.05, 0) is 93.4 Å². The molecule has 0 aliphatic rings. The van der Waals surface area contributed by atoms with E-state index in [4.69, 9.17) is 9.97 Å². The summed E-state index contributed by atoms with van der Waals surface area (Å²) < 4.78 is 3.21. The van der Waals surface area contributed by atoms with Crippen LogP contribution in [-0.2, 0) is 13.1 Å². The summed E-state index contributed by atoms with van der Waals surface area (Å²) in [6, 6.07) is 40.1. The van der Waals surface area contributed by atoms with Crippen molar-refractivity contribution in [3.63, 3.8) is 0 Å². The van der Waals surface area contributed by atoms with Crippen molar-refractivity contribution in [2.24, 2.45) is 0 Å². The smallest absolute Gasteiger partial charge is 0.263 e. The van der Waals surface area contributed by atoms with Crippen molar-refractivity contribution in [3.8, 4) is 33.5 Å². The molecular weight excluding hydrogens is 697 g/mol. The summed E-state index contributed by atoms with van der Waals surface area (Å²) in [5.41, 5.74) is 9.22. The van der Waals surface area contributed by atoms with Crippen molar-refractivity contribution in [1.82, 2.24) is 39.0 Å². The van der Waals surface area contributed by atoms with Crippen LogP contribution in [0.3, 0.4) is 0 Å². The van der Waals surface area contributed by atoms with Gasteiger partial charge in [-0.3, -0.25) is 28.7 Å². The Morgan fingerprint density at radius 3 is 1.82 bits per heavy atom. The molecule has 0 fully saturated rings. The van der Waals surface area contributed by atoms with Gasteiger partial charge in [0.1, 0.15) is 12.7 Å². The number of nitrogens with zero attached hydrogens (tertiary/aromatic N) is 8. The summed E-state index contributed by atoms with van der Waals surface area (Å²) in [5, 5.41) is 4.16. The van der Waals surface area contributed by atoms with Crippen LogP contribution in [0.15, 0.2) is 168 Å². The fourth-order valence-electron chi connectivity index (χ4n) is 7.14. The summed E-state index contributed by atoms with van der Waals surface area (Å²) in [6.07, 6.45) is 10.2. The van der Waals surface area contributed by atoms with Crippen LogP contribution >= 0.6 is 0 Å². The van der Waals surface area contributed by atoms with Gasteiger partial charge < -0.3 is 0 Å². The lowest BCUT2D eigenvalue weighted by Gasteiger charge is -2.10. The number of fused-ring (bicyclic) bond motifs is 4. The van der Waals surface area contributed by atoms with Crippen LogP contribution in [-0.4, -0.2) is 39.0 Å². The number of pyridine rings is 4. The Morgan fingerprint density at radius 2 is 1.09 bits per heavy atom. The Labute approximate surface area is 319 Å². The fraction of sp³-hybridized carbons (Fsp3) is 0.0435. The highest BCUT2D eigenvalue weighted by Crippen LogP contribution is 2.28. The lowest BCUT2D eigenvalue weighted by atomic mass is 10.0. The highest BCUT2D eigenvalue weighted by atomic mass is 16.1. The molecule has 0 atom stereocenters. The molecule has 10 rings (SSSR count). The number of hydrogen-bond acceptors (Lipinski definition) is 8. The van der Waals surface area contributed by atoms with Crippen LogP contribution in [0, 0.1) is 0 Å². The molecule has 0 saturated carbocycles. The van der Waals surface area contributed by atoms with Gasteiger partial charge in [0.15, 0.2) is 11.3 Å². The van der Waals surface area contributed by atoms with Crippen LogP contribution in [0.2, 0.25) is 0 Å². The Kier molecular flexibility index (Phi) is 7.99. The van der Waals surface area contributed by atoms with Crippen molar-refractivity contribution >= 4 is 43.7 Å².